The number of hydrogen-bond acceptors (Lipinski definition) is 2. The second-order valence-electron chi connectivity index (χ2n) is 3.35. The van der Waals surface area contributed by atoms with Gasteiger partial charge in [0.2, 0.25) is 0 Å². The van der Waals surface area contributed by atoms with Gasteiger partial charge in [-0.2, -0.15) is 0 Å². The molecule has 0 aromatic rings. The fourth-order valence-corrected chi connectivity index (χ4v) is 1.19. The second kappa shape index (κ2) is 7.84. The lowest BCUT2D eigenvalue weighted by molar-refractivity contribution is -0.142. The Morgan fingerprint density at radius 2 is 2.15 bits per heavy atom. The van der Waals surface area contributed by atoms with Crippen molar-refractivity contribution < 1.29 is 9.53 Å². The predicted molar refractivity (Wildman–Crippen MR) is 54.2 cm³/mol. The lowest BCUT2D eigenvalue weighted by atomic mass is 10.0. The van der Waals surface area contributed by atoms with Gasteiger partial charge in [0.25, 0.3) is 0 Å². The first-order valence-corrected chi connectivity index (χ1v) is 5.03. The third-order valence-corrected chi connectivity index (χ3v) is 2.09. The van der Waals surface area contributed by atoms with E-state index in [1.165, 1.54) is 25.5 Å². The average molecular weight is 184 g/mol. The Kier molecular flexibility index (Phi) is 7.36. The van der Waals surface area contributed by atoms with E-state index in [-0.39, 0.29) is 11.9 Å². The number of hydrogen-bond donors (Lipinski definition) is 0. The maximum absolute atomic E-state index is 11.1. The topological polar surface area (TPSA) is 26.3 Å². The van der Waals surface area contributed by atoms with Gasteiger partial charge in [0.05, 0.1) is 12.2 Å². The van der Waals surface area contributed by atoms with Crippen molar-refractivity contribution in [3.05, 3.63) is 12.8 Å². The molecule has 0 heterocycles. The van der Waals surface area contributed by atoms with Crippen molar-refractivity contribution in [1.82, 2.24) is 0 Å². The molecule has 0 aliphatic carbocycles. The fourth-order valence-electron chi connectivity index (χ4n) is 1.19. The highest BCUT2D eigenvalue weighted by molar-refractivity contribution is 5.72. The third-order valence-electron chi connectivity index (χ3n) is 2.09. The molecule has 0 radical (unpaired) electrons. The van der Waals surface area contributed by atoms with Crippen LogP contribution in [-0.4, -0.2) is 5.97 Å². The minimum Gasteiger partial charge on any atom is -0.435 e. The molecular formula is C11H20O2. The molecule has 0 aliphatic rings. The van der Waals surface area contributed by atoms with Crippen molar-refractivity contribution in [3.63, 3.8) is 0 Å². The van der Waals surface area contributed by atoms with Gasteiger partial charge in [-0.1, -0.05) is 46.1 Å². The monoisotopic (exact) mass is 184 g/mol. The standard InChI is InChI=1S/C11H20O2/c1-4-6-7-8-9-10(3)11(12)13-5-2/h5,10H,2,4,6-9H2,1,3H3. The second-order valence-corrected chi connectivity index (χ2v) is 3.35. The number of ether oxygens (including phenoxy) is 1. The summed E-state index contributed by atoms with van der Waals surface area (Å²) >= 11 is 0. The van der Waals surface area contributed by atoms with Crippen LogP contribution in [0.2, 0.25) is 0 Å². The zero-order valence-electron chi connectivity index (χ0n) is 8.71. The highest BCUT2D eigenvalue weighted by Gasteiger charge is 2.12. The first kappa shape index (κ1) is 12.2. The molecule has 2 heteroatoms. The van der Waals surface area contributed by atoms with Crippen LogP contribution in [0.25, 0.3) is 0 Å². The molecule has 0 aromatic heterocycles. The van der Waals surface area contributed by atoms with E-state index in [4.69, 9.17) is 0 Å². The summed E-state index contributed by atoms with van der Waals surface area (Å²) in [6.07, 6.45) is 6.93. The van der Waals surface area contributed by atoms with E-state index in [1.54, 1.807) is 0 Å². The summed E-state index contributed by atoms with van der Waals surface area (Å²) in [7, 11) is 0. The molecule has 1 atom stereocenters. The van der Waals surface area contributed by atoms with Crippen molar-refractivity contribution in [2.75, 3.05) is 0 Å². The minimum absolute atomic E-state index is 0.00913. The van der Waals surface area contributed by atoms with Gasteiger partial charge in [-0.05, 0) is 6.42 Å². The summed E-state index contributed by atoms with van der Waals surface area (Å²) in [6.45, 7) is 7.43. The zero-order chi connectivity index (χ0) is 10.1. The van der Waals surface area contributed by atoms with Crippen molar-refractivity contribution in [1.29, 1.82) is 0 Å². The van der Waals surface area contributed by atoms with Crippen molar-refractivity contribution >= 4 is 5.97 Å². The normalized spacial score (nSPS) is 12.2. The molecular weight excluding hydrogens is 164 g/mol. The average Bonchev–Trinajstić information content (AvgIpc) is 2.12. The maximum atomic E-state index is 11.1. The maximum Gasteiger partial charge on any atom is 0.313 e. The molecule has 0 N–H and O–H groups in total. The summed E-state index contributed by atoms with van der Waals surface area (Å²) < 4.78 is 4.69. The third kappa shape index (κ3) is 6.38. The smallest absolute Gasteiger partial charge is 0.313 e. The minimum atomic E-state index is -0.161. The van der Waals surface area contributed by atoms with Gasteiger partial charge in [-0.25, -0.2) is 0 Å². The van der Waals surface area contributed by atoms with Crippen LogP contribution in [0, 0.1) is 5.92 Å². The molecule has 13 heavy (non-hydrogen) atoms. The van der Waals surface area contributed by atoms with E-state index in [0.717, 1.165) is 12.8 Å². The van der Waals surface area contributed by atoms with Crippen molar-refractivity contribution in [2.24, 2.45) is 5.92 Å². The quantitative estimate of drug-likeness (QED) is 0.345. The lowest BCUT2D eigenvalue weighted by Crippen LogP contribution is -2.11. The Bertz CT molecular complexity index is 152. The summed E-state index contributed by atoms with van der Waals surface area (Å²) in [5, 5.41) is 0. The molecule has 0 rings (SSSR count). The summed E-state index contributed by atoms with van der Waals surface area (Å²) in [5.74, 6) is -0.152. The van der Waals surface area contributed by atoms with Crippen LogP contribution in [0.4, 0.5) is 0 Å². The van der Waals surface area contributed by atoms with Gasteiger partial charge < -0.3 is 4.74 Å². The van der Waals surface area contributed by atoms with Gasteiger partial charge in [0, 0.05) is 0 Å². The van der Waals surface area contributed by atoms with Crippen molar-refractivity contribution in [3.8, 4) is 0 Å². The SMILES string of the molecule is C=COC(=O)C(C)CCCCCC. The number of carbonyl (C=O) groups excluding carboxylic acids is 1. The van der Waals surface area contributed by atoms with E-state index in [2.05, 4.69) is 18.2 Å². The number of unbranched alkanes of at least 4 members (excludes halogenated alkanes) is 3. The zero-order valence-corrected chi connectivity index (χ0v) is 8.71. The predicted octanol–water partition coefficient (Wildman–Crippen LogP) is 3.28. The van der Waals surface area contributed by atoms with E-state index in [1.807, 2.05) is 6.92 Å². The van der Waals surface area contributed by atoms with Crippen LogP contribution in [0.1, 0.15) is 46.0 Å². The van der Waals surface area contributed by atoms with Crippen LogP contribution in [-0.2, 0) is 9.53 Å². The number of esters is 1. The summed E-state index contributed by atoms with van der Waals surface area (Å²) in [5.41, 5.74) is 0. The largest absolute Gasteiger partial charge is 0.435 e. The Labute approximate surface area is 81.0 Å². The molecule has 0 fully saturated rings. The number of rotatable bonds is 7. The van der Waals surface area contributed by atoms with E-state index < -0.39 is 0 Å². The molecule has 76 valence electrons. The van der Waals surface area contributed by atoms with Crippen LogP contribution in [0.15, 0.2) is 12.8 Å². The molecule has 0 aliphatic heterocycles. The lowest BCUT2D eigenvalue weighted by Gasteiger charge is -2.07. The van der Waals surface area contributed by atoms with Crippen LogP contribution >= 0.6 is 0 Å². The summed E-state index contributed by atoms with van der Waals surface area (Å²) in [4.78, 5) is 11.1. The molecule has 0 saturated carbocycles. The van der Waals surface area contributed by atoms with Crippen LogP contribution in [0.3, 0.4) is 0 Å². The van der Waals surface area contributed by atoms with Gasteiger partial charge >= 0.3 is 5.97 Å². The first-order valence-electron chi connectivity index (χ1n) is 5.03. The highest BCUT2D eigenvalue weighted by atomic mass is 16.5. The first-order chi connectivity index (χ1) is 6.22. The van der Waals surface area contributed by atoms with Gasteiger partial charge in [-0.15, -0.1) is 0 Å². The molecule has 0 bridgehead atoms. The van der Waals surface area contributed by atoms with Gasteiger partial charge in [0.15, 0.2) is 0 Å². The fraction of sp³-hybridized carbons (Fsp3) is 0.727. The Balaban J connectivity index is 3.43. The number of carbonyl (C=O) groups is 1. The molecule has 0 saturated heterocycles. The Hall–Kier alpha value is -0.790. The molecule has 2 nitrogen and oxygen atoms in total. The van der Waals surface area contributed by atoms with E-state index in [9.17, 15) is 4.79 Å². The summed E-state index contributed by atoms with van der Waals surface area (Å²) in [6, 6.07) is 0. The van der Waals surface area contributed by atoms with Gasteiger partial charge in [-0.3, -0.25) is 4.79 Å². The highest BCUT2D eigenvalue weighted by Crippen LogP contribution is 2.11. The molecule has 1 unspecified atom stereocenters. The molecule has 0 aromatic carbocycles. The van der Waals surface area contributed by atoms with Gasteiger partial charge in [0.1, 0.15) is 0 Å². The van der Waals surface area contributed by atoms with Crippen LogP contribution in [0.5, 0.6) is 0 Å². The molecule has 0 amide bonds. The molecule has 0 spiro atoms. The Morgan fingerprint density at radius 1 is 1.46 bits per heavy atom. The van der Waals surface area contributed by atoms with Crippen molar-refractivity contribution in [2.45, 2.75) is 46.0 Å². The van der Waals surface area contributed by atoms with E-state index in [0.29, 0.717) is 0 Å². The Morgan fingerprint density at radius 3 is 2.69 bits per heavy atom. The van der Waals surface area contributed by atoms with E-state index >= 15 is 0 Å². The van der Waals surface area contributed by atoms with Crippen LogP contribution < -0.4 is 0 Å².